The van der Waals surface area contributed by atoms with Crippen molar-refractivity contribution < 1.29 is 41.4 Å². The lowest BCUT2D eigenvalue weighted by atomic mass is 9.44. The molecule has 2 bridgehead atoms. The minimum absolute atomic E-state index is 0.0670. The molecule has 0 spiro atoms. The molecule has 0 saturated heterocycles. The maximum atomic E-state index is 13.7. The Bertz CT molecular complexity index is 1450. The van der Waals surface area contributed by atoms with Crippen LogP contribution in [0.1, 0.15) is 32.1 Å². The van der Waals surface area contributed by atoms with Gasteiger partial charge in [-0.25, -0.2) is 4.39 Å². The van der Waals surface area contributed by atoms with Crippen molar-refractivity contribution in [1.29, 1.82) is 0 Å². The van der Waals surface area contributed by atoms with Crippen molar-refractivity contribution in [1.82, 2.24) is 10.6 Å². The van der Waals surface area contributed by atoms with Gasteiger partial charge in [0, 0.05) is 22.2 Å². The number of fused-ring (bicyclic) bond motifs is 1. The van der Waals surface area contributed by atoms with E-state index in [4.69, 9.17) is 32.7 Å². The standard InChI is InChI=1S/C27H23Cl2F4N3O5/c28-14-1-4-19-18(7-14)36(23(39)26(5-6-26)27(31,32)33)9-20(41-19)22(38)35-25-11-24(12-25,13-25)34-21(37)10-40-15-2-3-16(29)17(30)8-15/h1-4,7-8,20H,5-6,9-13H2,(H,34,37)(H,35,38). The van der Waals surface area contributed by atoms with E-state index in [1.807, 2.05) is 0 Å². The van der Waals surface area contributed by atoms with Crippen LogP contribution in [0.15, 0.2) is 36.4 Å². The summed E-state index contributed by atoms with van der Waals surface area (Å²) in [6, 6.07) is 8.04. The summed E-state index contributed by atoms with van der Waals surface area (Å²) in [6.07, 6.45) is -5.30. The van der Waals surface area contributed by atoms with Crippen LogP contribution in [0.4, 0.5) is 23.2 Å². The number of rotatable bonds is 7. The zero-order valence-corrected chi connectivity index (χ0v) is 22.8. The van der Waals surface area contributed by atoms with Crippen molar-refractivity contribution >= 4 is 46.6 Å². The van der Waals surface area contributed by atoms with Gasteiger partial charge in [-0.3, -0.25) is 14.4 Å². The fraction of sp³-hybridized carbons (Fsp3) is 0.444. The molecule has 1 unspecified atom stereocenters. The maximum absolute atomic E-state index is 13.7. The van der Waals surface area contributed by atoms with E-state index in [1.165, 1.54) is 30.3 Å². The first-order chi connectivity index (χ1) is 19.2. The number of carbonyl (C=O) groups is 3. The molecule has 2 N–H and O–H groups in total. The fourth-order valence-corrected chi connectivity index (χ4v) is 6.31. The Morgan fingerprint density at radius 2 is 1.71 bits per heavy atom. The van der Waals surface area contributed by atoms with Crippen molar-refractivity contribution in [2.45, 2.75) is 55.5 Å². The molecule has 8 nitrogen and oxygen atoms in total. The van der Waals surface area contributed by atoms with E-state index >= 15 is 0 Å². The monoisotopic (exact) mass is 615 g/mol. The highest BCUT2D eigenvalue weighted by molar-refractivity contribution is 6.31. The molecule has 1 heterocycles. The van der Waals surface area contributed by atoms with Crippen LogP contribution in [-0.2, 0) is 14.4 Å². The third-order valence-corrected chi connectivity index (χ3v) is 8.69. The van der Waals surface area contributed by atoms with Crippen LogP contribution in [-0.4, -0.2) is 54.2 Å². The number of hydrogen-bond acceptors (Lipinski definition) is 5. The third-order valence-electron chi connectivity index (χ3n) is 8.15. The Labute approximate surface area is 241 Å². The molecule has 218 valence electrons. The van der Waals surface area contributed by atoms with Gasteiger partial charge in [0.05, 0.1) is 17.3 Å². The van der Waals surface area contributed by atoms with Gasteiger partial charge in [0.1, 0.15) is 22.7 Å². The summed E-state index contributed by atoms with van der Waals surface area (Å²) in [7, 11) is 0. The van der Waals surface area contributed by atoms with Crippen molar-refractivity contribution in [3.05, 3.63) is 52.3 Å². The first kappa shape index (κ1) is 27.9. The van der Waals surface area contributed by atoms with Crippen LogP contribution < -0.4 is 25.0 Å². The molecule has 4 fully saturated rings. The van der Waals surface area contributed by atoms with Gasteiger partial charge in [-0.05, 0) is 62.4 Å². The molecule has 41 heavy (non-hydrogen) atoms. The largest absolute Gasteiger partial charge is 0.484 e. The molecular formula is C27H23Cl2F4N3O5. The zero-order valence-electron chi connectivity index (χ0n) is 21.2. The average Bonchev–Trinajstić information content (AvgIpc) is 3.69. The highest BCUT2D eigenvalue weighted by atomic mass is 35.5. The van der Waals surface area contributed by atoms with Gasteiger partial charge in [-0.1, -0.05) is 23.2 Å². The molecule has 1 atom stereocenters. The number of hydrogen-bond donors (Lipinski definition) is 2. The van der Waals surface area contributed by atoms with E-state index in [1.54, 1.807) is 0 Å². The molecule has 14 heteroatoms. The van der Waals surface area contributed by atoms with Crippen molar-refractivity contribution in [3.8, 4) is 11.5 Å². The van der Waals surface area contributed by atoms with Gasteiger partial charge in [-0.2, -0.15) is 13.2 Å². The van der Waals surface area contributed by atoms with Gasteiger partial charge < -0.3 is 25.0 Å². The number of amides is 3. The second-order valence-electron chi connectivity index (χ2n) is 11.2. The summed E-state index contributed by atoms with van der Waals surface area (Å²) in [5, 5.41) is 5.91. The number of halogens is 6. The molecule has 0 radical (unpaired) electrons. The first-order valence-corrected chi connectivity index (χ1v) is 13.6. The highest BCUT2D eigenvalue weighted by Gasteiger charge is 2.71. The van der Waals surface area contributed by atoms with E-state index < -0.39 is 58.9 Å². The number of carbonyl (C=O) groups excluding carboxylic acids is 3. The van der Waals surface area contributed by atoms with Gasteiger partial charge in [0.25, 0.3) is 11.8 Å². The topological polar surface area (TPSA) is 97.0 Å². The van der Waals surface area contributed by atoms with Gasteiger partial charge in [-0.15, -0.1) is 0 Å². The predicted octanol–water partition coefficient (Wildman–Crippen LogP) is 4.56. The third kappa shape index (κ3) is 4.84. The Morgan fingerprint density at radius 3 is 2.34 bits per heavy atom. The van der Waals surface area contributed by atoms with Crippen molar-refractivity contribution in [3.63, 3.8) is 0 Å². The number of benzene rings is 2. The van der Waals surface area contributed by atoms with Gasteiger partial charge in [0.15, 0.2) is 12.7 Å². The second-order valence-corrected chi connectivity index (χ2v) is 12.1. The quantitative estimate of drug-likeness (QED) is 0.445. The molecule has 3 amide bonds. The lowest BCUT2D eigenvalue weighted by Gasteiger charge is -2.70. The lowest BCUT2D eigenvalue weighted by molar-refractivity contribution is -0.190. The second kappa shape index (κ2) is 9.38. The van der Waals surface area contributed by atoms with Gasteiger partial charge >= 0.3 is 6.18 Å². The summed E-state index contributed by atoms with van der Waals surface area (Å²) in [5.41, 5.74) is -3.53. The SMILES string of the molecule is O=C(COc1ccc(Cl)c(F)c1)NC12CC(NC(=O)C3CN(C(=O)C4(C(F)(F)F)CC4)c4cc(Cl)ccc4O3)(C1)C2. The Morgan fingerprint density at radius 1 is 1.02 bits per heavy atom. The molecule has 5 aliphatic rings. The van der Waals surface area contributed by atoms with Crippen LogP contribution in [0, 0.1) is 11.2 Å². The van der Waals surface area contributed by atoms with Crippen LogP contribution in [0.5, 0.6) is 11.5 Å². The number of anilines is 1. The summed E-state index contributed by atoms with van der Waals surface area (Å²) in [6.45, 7) is -0.749. The summed E-state index contributed by atoms with van der Waals surface area (Å²) in [5.74, 6) is -2.57. The summed E-state index contributed by atoms with van der Waals surface area (Å²) in [4.78, 5) is 39.7. The molecule has 4 aliphatic carbocycles. The predicted molar refractivity (Wildman–Crippen MR) is 138 cm³/mol. The molecule has 4 saturated carbocycles. The zero-order chi connectivity index (χ0) is 29.4. The highest BCUT2D eigenvalue weighted by Crippen LogP contribution is 2.61. The van der Waals surface area contributed by atoms with E-state index in [2.05, 4.69) is 10.6 Å². The number of nitrogens with zero attached hydrogens (tertiary/aromatic N) is 1. The van der Waals surface area contributed by atoms with Gasteiger partial charge in [0.2, 0.25) is 5.91 Å². The summed E-state index contributed by atoms with van der Waals surface area (Å²) < 4.78 is 65.9. The van der Waals surface area contributed by atoms with Crippen LogP contribution in [0.25, 0.3) is 0 Å². The molecular weight excluding hydrogens is 593 g/mol. The molecule has 7 rings (SSSR count). The first-order valence-electron chi connectivity index (χ1n) is 12.8. The maximum Gasteiger partial charge on any atom is 0.403 e. The molecule has 2 aromatic carbocycles. The van der Waals surface area contributed by atoms with Crippen molar-refractivity contribution in [2.24, 2.45) is 5.41 Å². The minimum Gasteiger partial charge on any atom is -0.484 e. The van der Waals surface area contributed by atoms with Crippen LogP contribution in [0.2, 0.25) is 10.0 Å². The smallest absolute Gasteiger partial charge is 0.403 e. The molecule has 0 aromatic heterocycles. The molecule has 1 aliphatic heterocycles. The normalized spacial score (nSPS) is 26.9. The van der Waals surface area contributed by atoms with E-state index in [0.29, 0.717) is 19.3 Å². The molecule has 2 aromatic rings. The average molecular weight is 616 g/mol. The number of ether oxygens (including phenoxy) is 2. The Kier molecular flexibility index (Phi) is 6.38. The van der Waals surface area contributed by atoms with E-state index in [9.17, 15) is 31.9 Å². The Hall–Kier alpha value is -3.25. The number of nitrogens with one attached hydrogen (secondary N) is 2. The lowest BCUT2D eigenvalue weighted by Crippen LogP contribution is -2.84. The summed E-state index contributed by atoms with van der Waals surface area (Å²) >= 11 is 11.7. The van der Waals surface area contributed by atoms with E-state index in [0.717, 1.165) is 11.0 Å². The fourth-order valence-electron chi connectivity index (χ4n) is 6.03. The Balaban J connectivity index is 1.06. The van der Waals surface area contributed by atoms with E-state index in [-0.39, 0.29) is 46.7 Å². The van der Waals surface area contributed by atoms with Crippen LogP contribution >= 0.6 is 23.2 Å². The minimum atomic E-state index is -4.72. The van der Waals surface area contributed by atoms with Crippen LogP contribution in [0.3, 0.4) is 0 Å². The number of alkyl halides is 3. The van der Waals surface area contributed by atoms with Crippen molar-refractivity contribution in [2.75, 3.05) is 18.1 Å².